The largest absolute Gasteiger partial charge is 0.480 e. The molecule has 0 aliphatic rings. The summed E-state index contributed by atoms with van der Waals surface area (Å²) in [6.45, 7) is 2.85. The van der Waals surface area contributed by atoms with Crippen molar-refractivity contribution in [2.24, 2.45) is 5.73 Å². The number of hydrogen-bond acceptors (Lipinski definition) is 9. The summed E-state index contributed by atoms with van der Waals surface area (Å²) in [6.07, 6.45) is 48.4. The van der Waals surface area contributed by atoms with Crippen LogP contribution in [0.4, 0.5) is 0 Å². The van der Waals surface area contributed by atoms with E-state index in [0.29, 0.717) is 12.8 Å². The SMILES string of the molecule is CCCCCCCC/C=C\CCCCCCCCCC(=O)OC[C@H](COP(=O)(O)OC[C@H](N)C(=O)O)OC(=O)CCCCCCCCCCCCCCCCCCCCCCC. The van der Waals surface area contributed by atoms with Gasteiger partial charge in [0, 0.05) is 12.8 Å². The number of esters is 2. The van der Waals surface area contributed by atoms with Crippen LogP contribution in [0.15, 0.2) is 12.2 Å². The molecule has 4 N–H and O–H groups in total. The second kappa shape index (κ2) is 45.8. The topological polar surface area (TPSA) is 172 Å². The lowest BCUT2D eigenvalue weighted by atomic mass is 10.0. The number of aliphatic carboxylic acids is 1. The molecule has 0 fully saturated rings. The summed E-state index contributed by atoms with van der Waals surface area (Å²) in [6, 6.07) is -1.52. The van der Waals surface area contributed by atoms with Crippen molar-refractivity contribution in [2.45, 2.75) is 270 Å². The van der Waals surface area contributed by atoms with Gasteiger partial charge in [-0.05, 0) is 38.5 Å². The number of carbonyl (C=O) groups is 3. The van der Waals surface area contributed by atoms with Crippen molar-refractivity contribution in [1.82, 2.24) is 0 Å². The molecule has 0 saturated heterocycles. The second-order valence-electron chi connectivity index (χ2n) is 17.7. The first-order valence-electron chi connectivity index (χ1n) is 25.7. The lowest BCUT2D eigenvalue weighted by Gasteiger charge is -2.20. The maximum Gasteiger partial charge on any atom is 0.472 e. The standard InChI is InChI=1S/C50H96NO10P/c1-3-5-7-9-11-13-15-17-19-21-22-23-24-26-28-30-32-34-36-38-40-42-49(53)61-46(44-59-62(56,57)60-45-47(51)50(54)55)43-58-48(52)41-39-37-35-33-31-29-27-25-20-18-16-14-12-10-8-6-4-2/h18,20,46-47H,3-17,19,21-45,51H2,1-2H3,(H,54,55)(H,56,57)/b20-18-/t46-,47+/m1/s1. The molecule has 12 heteroatoms. The van der Waals surface area contributed by atoms with Crippen LogP contribution in [0.3, 0.4) is 0 Å². The summed E-state index contributed by atoms with van der Waals surface area (Å²) in [5, 5.41) is 8.92. The van der Waals surface area contributed by atoms with Gasteiger partial charge in [-0.25, -0.2) is 4.57 Å². The molecule has 0 aromatic carbocycles. The van der Waals surface area contributed by atoms with Crippen LogP contribution in [-0.2, 0) is 37.5 Å². The molecule has 3 atom stereocenters. The van der Waals surface area contributed by atoms with Crippen molar-refractivity contribution in [3.63, 3.8) is 0 Å². The molecule has 0 bridgehead atoms. The maximum atomic E-state index is 12.7. The van der Waals surface area contributed by atoms with Crippen molar-refractivity contribution < 1.29 is 47.5 Å². The van der Waals surface area contributed by atoms with E-state index in [1.807, 2.05) is 0 Å². The zero-order valence-corrected chi connectivity index (χ0v) is 40.9. The van der Waals surface area contributed by atoms with E-state index in [1.54, 1.807) is 0 Å². The van der Waals surface area contributed by atoms with E-state index < -0.39 is 51.1 Å². The Labute approximate surface area is 379 Å². The lowest BCUT2D eigenvalue weighted by molar-refractivity contribution is -0.161. The number of ether oxygens (including phenoxy) is 2. The summed E-state index contributed by atoms with van der Waals surface area (Å²) in [5.41, 5.74) is 5.35. The second-order valence-corrected chi connectivity index (χ2v) is 19.1. The van der Waals surface area contributed by atoms with Gasteiger partial charge in [0.2, 0.25) is 0 Å². The molecule has 1 unspecified atom stereocenters. The van der Waals surface area contributed by atoms with Crippen molar-refractivity contribution in [3.8, 4) is 0 Å². The zero-order valence-electron chi connectivity index (χ0n) is 40.0. The highest BCUT2D eigenvalue weighted by Gasteiger charge is 2.28. The number of hydrogen-bond donors (Lipinski definition) is 3. The van der Waals surface area contributed by atoms with Crippen molar-refractivity contribution in [2.75, 3.05) is 19.8 Å². The molecular weight excluding hydrogens is 806 g/mol. The number of carbonyl (C=O) groups excluding carboxylic acids is 2. The Morgan fingerprint density at radius 2 is 0.806 bits per heavy atom. The molecule has 366 valence electrons. The predicted molar refractivity (Wildman–Crippen MR) is 254 cm³/mol. The van der Waals surface area contributed by atoms with E-state index in [1.165, 1.54) is 173 Å². The average Bonchev–Trinajstić information content (AvgIpc) is 3.25. The van der Waals surface area contributed by atoms with Gasteiger partial charge >= 0.3 is 25.7 Å². The number of nitrogens with two attached hydrogens (primary N) is 1. The van der Waals surface area contributed by atoms with E-state index in [9.17, 15) is 23.8 Å². The molecule has 0 spiro atoms. The van der Waals surface area contributed by atoms with E-state index in [4.69, 9.17) is 24.8 Å². The molecule has 0 aliphatic heterocycles. The lowest BCUT2D eigenvalue weighted by Crippen LogP contribution is -2.34. The van der Waals surface area contributed by atoms with Crippen LogP contribution in [0.1, 0.15) is 258 Å². The van der Waals surface area contributed by atoms with Gasteiger partial charge in [0.25, 0.3) is 0 Å². The van der Waals surface area contributed by atoms with Crippen molar-refractivity contribution in [3.05, 3.63) is 12.2 Å². The number of carboxylic acid groups (broad SMARTS) is 1. The molecule has 0 radical (unpaired) electrons. The Balaban J connectivity index is 4.21. The minimum Gasteiger partial charge on any atom is -0.480 e. The van der Waals surface area contributed by atoms with Gasteiger partial charge in [0.05, 0.1) is 13.2 Å². The third-order valence-electron chi connectivity index (χ3n) is 11.5. The van der Waals surface area contributed by atoms with Gasteiger partial charge in [-0.2, -0.15) is 0 Å². The Kier molecular flexibility index (Phi) is 44.5. The Morgan fingerprint density at radius 1 is 0.484 bits per heavy atom. The maximum absolute atomic E-state index is 12.7. The summed E-state index contributed by atoms with van der Waals surface area (Å²) in [7, 11) is -4.72. The van der Waals surface area contributed by atoms with E-state index in [0.717, 1.165) is 44.9 Å². The number of allylic oxidation sites excluding steroid dienone is 2. The van der Waals surface area contributed by atoms with E-state index in [2.05, 4.69) is 30.5 Å². The van der Waals surface area contributed by atoms with Crippen LogP contribution in [0.2, 0.25) is 0 Å². The number of unbranched alkanes of at least 4 members (excludes halogenated alkanes) is 33. The fourth-order valence-corrected chi connectivity index (χ4v) is 8.25. The molecule has 0 rings (SSSR count). The average molecular weight is 902 g/mol. The third kappa shape index (κ3) is 44.8. The number of phosphoric acid groups is 1. The highest BCUT2D eigenvalue weighted by molar-refractivity contribution is 7.47. The van der Waals surface area contributed by atoms with Crippen LogP contribution in [-0.4, -0.2) is 59.9 Å². The quantitative estimate of drug-likeness (QED) is 0.0230. The van der Waals surface area contributed by atoms with Crippen LogP contribution in [0.25, 0.3) is 0 Å². The van der Waals surface area contributed by atoms with Gasteiger partial charge in [0.1, 0.15) is 12.6 Å². The normalized spacial score (nSPS) is 13.6. The van der Waals surface area contributed by atoms with E-state index in [-0.39, 0.29) is 19.4 Å². The predicted octanol–water partition coefficient (Wildman–Crippen LogP) is 14.4. The molecule has 0 aromatic heterocycles. The zero-order chi connectivity index (χ0) is 45.6. The minimum atomic E-state index is -4.72. The first-order chi connectivity index (χ1) is 30.1. The highest BCUT2D eigenvalue weighted by Crippen LogP contribution is 2.43. The Morgan fingerprint density at radius 3 is 1.18 bits per heavy atom. The van der Waals surface area contributed by atoms with Crippen LogP contribution in [0, 0.1) is 0 Å². The van der Waals surface area contributed by atoms with E-state index >= 15 is 0 Å². The minimum absolute atomic E-state index is 0.167. The third-order valence-corrected chi connectivity index (χ3v) is 12.5. The molecule has 62 heavy (non-hydrogen) atoms. The molecular formula is C50H96NO10P. The van der Waals surface area contributed by atoms with Gasteiger partial charge in [-0.15, -0.1) is 0 Å². The monoisotopic (exact) mass is 902 g/mol. The Hall–Kier alpha value is -1.78. The van der Waals surface area contributed by atoms with Crippen LogP contribution < -0.4 is 5.73 Å². The number of carboxylic acids is 1. The number of phosphoric ester groups is 1. The molecule has 0 aromatic rings. The van der Waals surface area contributed by atoms with Crippen LogP contribution >= 0.6 is 7.82 Å². The van der Waals surface area contributed by atoms with Crippen molar-refractivity contribution in [1.29, 1.82) is 0 Å². The first kappa shape index (κ1) is 60.2. The van der Waals surface area contributed by atoms with Crippen LogP contribution in [0.5, 0.6) is 0 Å². The molecule has 0 heterocycles. The molecule has 0 aliphatic carbocycles. The van der Waals surface area contributed by atoms with Gasteiger partial charge in [-0.3, -0.25) is 23.4 Å². The summed E-state index contributed by atoms with van der Waals surface area (Å²) >= 11 is 0. The highest BCUT2D eigenvalue weighted by atomic mass is 31.2. The first-order valence-corrected chi connectivity index (χ1v) is 27.2. The summed E-state index contributed by atoms with van der Waals surface area (Å²) in [5.74, 6) is -2.36. The smallest absolute Gasteiger partial charge is 0.472 e. The summed E-state index contributed by atoms with van der Waals surface area (Å²) < 4.78 is 32.9. The number of rotatable bonds is 49. The molecule has 11 nitrogen and oxygen atoms in total. The fraction of sp³-hybridized carbons (Fsp3) is 0.900. The van der Waals surface area contributed by atoms with Gasteiger partial charge < -0.3 is 25.2 Å². The molecule has 0 saturated carbocycles. The van der Waals surface area contributed by atoms with Crippen molar-refractivity contribution >= 4 is 25.7 Å². The Bertz CT molecular complexity index is 1110. The van der Waals surface area contributed by atoms with Gasteiger partial charge in [0.15, 0.2) is 6.10 Å². The molecule has 0 amide bonds. The summed E-state index contributed by atoms with van der Waals surface area (Å²) in [4.78, 5) is 46.2. The fourth-order valence-electron chi connectivity index (χ4n) is 7.47. The van der Waals surface area contributed by atoms with Gasteiger partial charge in [-0.1, -0.05) is 219 Å².